The lowest BCUT2D eigenvalue weighted by molar-refractivity contribution is -0.145. The first-order valence-electron chi connectivity index (χ1n) is 11.2. The molecular weight excluding hydrogens is 547 g/mol. The Balaban J connectivity index is 1.71. The molecule has 1 aliphatic carbocycles. The second-order valence-corrected chi connectivity index (χ2v) is 11.3. The minimum absolute atomic E-state index is 0.119. The van der Waals surface area contributed by atoms with Crippen LogP contribution in [0.2, 0.25) is 5.02 Å². The highest BCUT2D eigenvalue weighted by atomic mass is 35.5. The van der Waals surface area contributed by atoms with Gasteiger partial charge in [0.1, 0.15) is 12.1 Å². The van der Waals surface area contributed by atoms with Crippen LogP contribution in [0.15, 0.2) is 77.7 Å². The van der Waals surface area contributed by atoms with Gasteiger partial charge in [0, 0.05) is 10.9 Å². The van der Waals surface area contributed by atoms with Gasteiger partial charge in [-0.3, -0.25) is 9.59 Å². The molecule has 2 N–H and O–H groups in total. The maximum Gasteiger partial charge on any atom is 0.393 e. The number of nitrogens with zero attached hydrogens (tertiary/aromatic N) is 1. The number of hydrogen-bond acceptors (Lipinski definition) is 4. The van der Waals surface area contributed by atoms with Crippen molar-refractivity contribution in [1.29, 1.82) is 0 Å². The molecule has 38 heavy (non-hydrogen) atoms. The van der Waals surface area contributed by atoms with E-state index in [1.165, 1.54) is 48.5 Å². The molecule has 0 aliphatic heterocycles. The summed E-state index contributed by atoms with van der Waals surface area (Å²) >= 11 is 5.90. The molecule has 0 amide bonds. The van der Waals surface area contributed by atoms with Crippen molar-refractivity contribution in [3.05, 3.63) is 88.9 Å². The summed E-state index contributed by atoms with van der Waals surface area (Å²) in [4.78, 5) is 23.8. The highest BCUT2D eigenvalue weighted by Crippen LogP contribution is 2.57. The fourth-order valence-corrected chi connectivity index (χ4v) is 6.42. The normalized spacial score (nSPS) is 19.3. The minimum atomic E-state index is -4.65. The molecule has 2 atom stereocenters. The van der Waals surface area contributed by atoms with Gasteiger partial charge in [-0.05, 0) is 52.9 Å². The van der Waals surface area contributed by atoms with Crippen molar-refractivity contribution < 1.29 is 41.4 Å². The average Bonchev–Trinajstić information content (AvgIpc) is 3.59. The fourth-order valence-electron chi connectivity index (χ4n) is 4.57. The third-order valence-electron chi connectivity index (χ3n) is 6.40. The summed E-state index contributed by atoms with van der Waals surface area (Å²) in [6.45, 7) is -1.15. The van der Waals surface area contributed by atoms with E-state index in [9.17, 15) is 41.4 Å². The van der Waals surface area contributed by atoms with Crippen molar-refractivity contribution in [3.63, 3.8) is 0 Å². The quantitative estimate of drug-likeness (QED) is 0.368. The zero-order valence-corrected chi connectivity index (χ0v) is 21.1. The predicted octanol–water partition coefficient (Wildman–Crippen LogP) is 5.20. The van der Waals surface area contributed by atoms with Crippen LogP contribution in [0.3, 0.4) is 0 Å². The average molecular weight is 568 g/mol. The number of aliphatic carboxylic acids is 2. The van der Waals surface area contributed by atoms with Crippen LogP contribution in [-0.4, -0.2) is 53.1 Å². The molecule has 0 radical (unpaired) electrons. The van der Waals surface area contributed by atoms with E-state index in [0.717, 1.165) is 5.56 Å². The van der Waals surface area contributed by atoms with Crippen LogP contribution in [-0.2, 0) is 26.0 Å². The summed E-state index contributed by atoms with van der Waals surface area (Å²) in [5.74, 6) is -4.22. The van der Waals surface area contributed by atoms with Gasteiger partial charge in [0.05, 0.1) is 11.3 Å². The molecule has 0 unspecified atom stereocenters. The first kappa shape index (κ1) is 27.6. The number of carboxylic acids is 2. The molecule has 0 spiro atoms. The number of sulfonamides is 1. The van der Waals surface area contributed by atoms with Gasteiger partial charge in [0.25, 0.3) is 0 Å². The SMILES string of the molecule is O=C(O)CN([C@]1(C(=O)O)C[C@H]1c1cccc(CC(F)(F)F)c1)S(=O)(=O)c1ccc(-c2ccc(Cl)cc2)cc1. The second kappa shape index (κ2) is 10.0. The number of carboxylic acid groups (broad SMARTS) is 2. The van der Waals surface area contributed by atoms with Crippen LogP contribution >= 0.6 is 11.6 Å². The van der Waals surface area contributed by atoms with Gasteiger partial charge in [0.2, 0.25) is 10.0 Å². The number of halogens is 4. The van der Waals surface area contributed by atoms with Crippen LogP contribution < -0.4 is 0 Å². The van der Waals surface area contributed by atoms with Crippen LogP contribution in [0.25, 0.3) is 11.1 Å². The third-order valence-corrected chi connectivity index (χ3v) is 8.56. The van der Waals surface area contributed by atoms with Crippen molar-refractivity contribution in [2.45, 2.75) is 35.4 Å². The Kier molecular flexibility index (Phi) is 7.30. The maximum absolute atomic E-state index is 13.6. The molecule has 3 aromatic carbocycles. The minimum Gasteiger partial charge on any atom is -0.480 e. The molecule has 0 saturated heterocycles. The van der Waals surface area contributed by atoms with Gasteiger partial charge in [-0.15, -0.1) is 0 Å². The number of rotatable bonds is 9. The topological polar surface area (TPSA) is 112 Å². The van der Waals surface area contributed by atoms with Crippen molar-refractivity contribution >= 4 is 33.6 Å². The largest absolute Gasteiger partial charge is 0.480 e. The van der Waals surface area contributed by atoms with Crippen molar-refractivity contribution in [1.82, 2.24) is 4.31 Å². The maximum atomic E-state index is 13.6. The van der Waals surface area contributed by atoms with Gasteiger partial charge in [-0.1, -0.05) is 60.1 Å². The van der Waals surface area contributed by atoms with E-state index in [4.69, 9.17) is 11.6 Å². The molecule has 12 heteroatoms. The van der Waals surface area contributed by atoms with Gasteiger partial charge in [-0.2, -0.15) is 17.5 Å². The van der Waals surface area contributed by atoms with Crippen molar-refractivity contribution in [3.8, 4) is 11.1 Å². The van der Waals surface area contributed by atoms with Crippen molar-refractivity contribution in [2.75, 3.05) is 6.54 Å². The Morgan fingerprint density at radius 3 is 2.08 bits per heavy atom. The van der Waals surface area contributed by atoms with Gasteiger partial charge in [0.15, 0.2) is 0 Å². The van der Waals surface area contributed by atoms with E-state index < -0.39 is 52.6 Å². The van der Waals surface area contributed by atoms with E-state index in [0.29, 0.717) is 14.9 Å². The summed E-state index contributed by atoms with van der Waals surface area (Å²) < 4.78 is 66.3. The van der Waals surface area contributed by atoms with Crippen molar-refractivity contribution in [2.24, 2.45) is 0 Å². The molecule has 1 saturated carbocycles. The number of carbonyl (C=O) groups is 2. The molecule has 1 fully saturated rings. The van der Waals surface area contributed by atoms with Gasteiger partial charge < -0.3 is 10.2 Å². The molecule has 4 rings (SSSR count). The second-order valence-electron chi connectivity index (χ2n) is 8.96. The molecule has 0 heterocycles. The van der Waals surface area contributed by atoms with Gasteiger partial charge >= 0.3 is 18.1 Å². The first-order valence-corrected chi connectivity index (χ1v) is 13.1. The molecular formula is C26H21ClF3NO6S. The van der Waals surface area contributed by atoms with E-state index in [1.54, 1.807) is 24.3 Å². The monoisotopic (exact) mass is 567 g/mol. The van der Waals surface area contributed by atoms with Crippen LogP contribution in [0.5, 0.6) is 0 Å². The Hall–Kier alpha value is -3.41. The summed E-state index contributed by atoms with van der Waals surface area (Å²) in [5.41, 5.74) is -0.736. The Morgan fingerprint density at radius 2 is 1.55 bits per heavy atom. The van der Waals surface area contributed by atoms with E-state index >= 15 is 0 Å². The smallest absolute Gasteiger partial charge is 0.393 e. The number of hydrogen-bond donors (Lipinski definition) is 2. The summed E-state index contributed by atoms with van der Waals surface area (Å²) in [5, 5.41) is 20.1. The predicted molar refractivity (Wildman–Crippen MR) is 132 cm³/mol. The third kappa shape index (κ3) is 5.54. The summed E-state index contributed by atoms with van der Waals surface area (Å²) in [6.07, 6.45) is -6.04. The Morgan fingerprint density at radius 1 is 0.974 bits per heavy atom. The Labute approximate surface area is 221 Å². The lowest BCUT2D eigenvalue weighted by Gasteiger charge is -2.28. The summed E-state index contributed by atoms with van der Waals surface area (Å²) in [6, 6.07) is 17.4. The molecule has 7 nitrogen and oxygen atoms in total. The highest BCUT2D eigenvalue weighted by Gasteiger charge is 2.68. The Bertz CT molecular complexity index is 1480. The molecule has 0 bridgehead atoms. The number of benzene rings is 3. The zero-order chi connectivity index (χ0) is 27.9. The van der Waals surface area contributed by atoms with E-state index in [1.807, 2.05) is 0 Å². The van der Waals surface area contributed by atoms with E-state index in [-0.39, 0.29) is 22.4 Å². The highest BCUT2D eigenvalue weighted by molar-refractivity contribution is 7.89. The van der Waals surface area contributed by atoms with Crippen LogP contribution in [0.4, 0.5) is 13.2 Å². The lowest BCUT2D eigenvalue weighted by Crippen LogP contribution is -2.50. The fraction of sp³-hybridized carbons (Fsp3) is 0.231. The van der Waals surface area contributed by atoms with Gasteiger partial charge in [-0.25, -0.2) is 8.42 Å². The van der Waals surface area contributed by atoms with Crippen LogP contribution in [0, 0.1) is 0 Å². The molecule has 3 aromatic rings. The first-order chi connectivity index (χ1) is 17.7. The molecule has 200 valence electrons. The molecule has 1 aliphatic rings. The zero-order valence-electron chi connectivity index (χ0n) is 19.5. The van der Waals surface area contributed by atoms with Crippen LogP contribution in [0.1, 0.15) is 23.5 Å². The standard InChI is InChI=1S/C26H21ClF3NO6S/c27-20-8-4-17(5-9-20)18-6-10-21(11-7-18)38(36,37)31(15-23(32)33)25(24(34)35)14-22(25)19-3-1-2-16(12-19)13-26(28,29)30/h1-12,22H,13-15H2,(H,32,33)(H,34,35)/t22-,25+/m0/s1. The number of alkyl halides is 3. The lowest BCUT2D eigenvalue weighted by atomic mass is 10.0. The van der Waals surface area contributed by atoms with E-state index in [2.05, 4.69) is 0 Å². The summed E-state index contributed by atoms with van der Waals surface area (Å²) in [7, 11) is -4.65. The molecule has 0 aromatic heterocycles.